The molecule has 32 heavy (non-hydrogen) atoms. The van der Waals surface area contributed by atoms with E-state index in [1.165, 1.54) is 135 Å². The van der Waals surface area contributed by atoms with Crippen LogP contribution >= 0.6 is 0 Å². The predicted molar refractivity (Wildman–Crippen MR) is 127 cm³/mol. The van der Waals surface area contributed by atoms with Crippen LogP contribution in [-0.4, -0.2) is 42.1 Å². The fourth-order valence-electron chi connectivity index (χ4n) is 3.68. The van der Waals surface area contributed by atoms with Gasteiger partial charge in [-0.2, -0.15) is 0 Å². The molecule has 0 atom stereocenters. The van der Waals surface area contributed by atoms with E-state index in [1.807, 2.05) is 0 Å². The zero-order chi connectivity index (χ0) is 22.9. The Labute approximate surface area is 245 Å². The summed E-state index contributed by atoms with van der Waals surface area (Å²) in [6.45, 7) is 11.0. The van der Waals surface area contributed by atoms with Crippen LogP contribution < -0.4 is 59.1 Å². The fourth-order valence-corrected chi connectivity index (χ4v) is 3.68. The molecule has 0 aliphatic rings. The van der Waals surface area contributed by atoms with Gasteiger partial charge in [-0.25, -0.2) is 0 Å². The van der Waals surface area contributed by atoms with Gasteiger partial charge >= 0.3 is 59.1 Å². The monoisotopic (exact) mass is 495 g/mol. The van der Waals surface area contributed by atoms with E-state index in [1.54, 1.807) is 0 Å². The summed E-state index contributed by atoms with van der Waals surface area (Å²) in [6.07, 6.45) is 25.7. The van der Waals surface area contributed by atoms with Crippen molar-refractivity contribution in [1.82, 2.24) is 4.90 Å². The maximum Gasteiger partial charge on any atom is 1.00 e. The fraction of sp³-hybridized carbons (Fsp3) is 1.00. The van der Waals surface area contributed by atoms with E-state index in [9.17, 15) is 0 Å². The van der Waals surface area contributed by atoms with Crippen LogP contribution in [0.5, 0.6) is 0 Å². The molecule has 0 N–H and O–H groups in total. The van der Waals surface area contributed by atoms with Crippen LogP contribution in [0.25, 0.3) is 0 Å². The minimum absolute atomic E-state index is 0. The summed E-state index contributed by atoms with van der Waals surface area (Å²) in [4.78, 5) is 2.79. The zero-order valence-corrected chi connectivity index (χ0v) is 27.2. The van der Waals surface area contributed by atoms with Crippen molar-refractivity contribution < 1.29 is 76.6 Å². The van der Waals surface area contributed by atoms with Crippen LogP contribution in [0.15, 0.2) is 0 Å². The molecule has 184 valence electrons. The van der Waals surface area contributed by atoms with Gasteiger partial charge < -0.3 is 14.0 Å². The number of unbranched alkanes of at least 4 members (excludes halogenated alkanes) is 15. The molecule has 5 nitrogen and oxygen atoms in total. The number of rotatable bonds is 21. The van der Waals surface area contributed by atoms with Crippen LogP contribution in [0.1, 0.15) is 136 Å². The van der Waals surface area contributed by atoms with Crippen molar-refractivity contribution in [1.29, 1.82) is 0 Å². The largest absolute Gasteiger partial charge is 1.00 e. The second-order valence-corrected chi connectivity index (χ2v) is 9.37. The molecule has 0 bridgehead atoms. The van der Waals surface area contributed by atoms with Crippen LogP contribution in [0.4, 0.5) is 0 Å². The van der Waals surface area contributed by atoms with Crippen LogP contribution in [0.3, 0.4) is 0 Å². The van der Waals surface area contributed by atoms with Gasteiger partial charge in [0.15, 0.2) is 0 Å². The average Bonchev–Trinajstić information content (AvgIpc) is 2.68. The summed E-state index contributed by atoms with van der Waals surface area (Å²) in [6, 6.07) is 0. The molecule has 0 saturated carbocycles. The summed E-state index contributed by atoms with van der Waals surface area (Å²) in [5.41, 5.74) is 0. The van der Waals surface area contributed by atoms with Crippen molar-refractivity contribution in [2.45, 2.75) is 136 Å². The third-order valence-electron chi connectivity index (χ3n) is 5.48. The molecule has 0 aromatic rings. The Kier molecular flexibility index (Phi) is 42.0. The molecule has 0 saturated heterocycles. The first-order valence-electron chi connectivity index (χ1n) is 12.7. The van der Waals surface area contributed by atoms with Crippen molar-refractivity contribution in [3.05, 3.63) is 0 Å². The zero-order valence-electron chi connectivity index (χ0n) is 22.3. The second kappa shape index (κ2) is 32.8. The van der Waals surface area contributed by atoms with E-state index in [0.29, 0.717) is 0 Å². The molecular weight excluding hydrogens is 444 g/mol. The molecule has 0 aliphatic carbocycles. The van der Waals surface area contributed by atoms with Gasteiger partial charge in [0.05, 0.1) is 0 Å². The van der Waals surface area contributed by atoms with Crippen molar-refractivity contribution in [2.75, 3.05) is 19.6 Å². The molecule has 0 heterocycles. The maximum absolute atomic E-state index is 8.52. The predicted octanol–water partition coefficient (Wildman–Crippen LogP) is 1.04. The van der Waals surface area contributed by atoms with Crippen LogP contribution in [0.2, 0.25) is 0 Å². The van der Waals surface area contributed by atoms with Crippen molar-refractivity contribution in [2.24, 2.45) is 0 Å². The quantitative estimate of drug-likeness (QED) is 0.103. The molecule has 8 heteroatoms. The Balaban J connectivity index is -0.000000501. The van der Waals surface area contributed by atoms with Gasteiger partial charge in [-0.3, -0.25) is 8.42 Å². The smallest absolute Gasteiger partial charge is 0.759 e. The number of hydrogen-bond donors (Lipinski definition) is 0. The maximum atomic E-state index is 8.52. The summed E-state index contributed by atoms with van der Waals surface area (Å²) in [5, 5.41) is 0. The Morgan fingerprint density at radius 2 is 0.656 bits per heavy atom. The standard InChI is InChI=1S/C24H51N.2Na.H2O4S/c1-4-7-10-13-16-19-22-25(23-20-17-14-11-8-5-2)24-21-18-15-12-9-6-3;;;1-5(2,3)4/h4-24H2,1-3H3;;;(H2,1,2,3,4)/q;2*+1;/p-2. The van der Waals surface area contributed by atoms with Gasteiger partial charge in [0, 0.05) is 10.4 Å². The Hall–Kier alpha value is 1.83. The minimum atomic E-state index is -5.17. The topological polar surface area (TPSA) is 83.5 Å². The Bertz CT molecular complexity index is 380. The number of nitrogens with zero attached hydrogens (tertiary/aromatic N) is 1. The van der Waals surface area contributed by atoms with Gasteiger partial charge in [-0.05, 0) is 38.9 Å². The third kappa shape index (κ3) is 45.3. The Morgan fingerprint density at radius 3 is 0.875 bits per heavy atom. The number of hydrogen-bond acceptors (Lipinski definition) is 5. The van der Waals surface area contributed by atoms with Gasteiger partial charge in [0.2, 0.25) is 0 Å². The normalized spacial score (nSPS) is 10.8. The second-order valence-electron chi connectivity index (χ2n) is 8.55. The average molecular weight is 496 g/mol. The summed E-state index contributed by atoms with van der Waals surface area (Å²) in [7, 11) is -5.17. The molecule has 0 aliphatic heterocycles. The molecule has 0 amide bonds. The summed E-state index contributed by atoms with van der Waals surface area (Å²) in [5.74, 6) is 0. The van der Waals surface area contributed by atoms with Crippen molar-refractivity contribution in [3.8, 4) is 0 Å². The van der Waals surface area contributed by atoms with E-state index >= 15 is 0 Å². The van der Waals surface area contributed by atoms with E-state index in [4.69, 9.17) is 17.5 Å². The molecule has 0 aromatic carbocycles. The molecule has 0 unspecified atom stereocenters. The third-order valence-corrected chi connectivity index (χ3v) is 5.48. The molecule has 0 spiro atoms. The van der Waals surface area contributed by atoms with Crippen molar-refractivity contribution in [3.63, 3.8) is 0 Å². The SMILES string of the molecule is CCCCCCCCN(CCCCCCCC)CCCCCCCC.O=S(=O)([O-])[O-].[Na+].[Na+]. The van der Waals surface area contributed by atoms with Crippen LogP contribution in [-0.2, 0) is 10.4 Å². The van der Waals surface area contributed by atoms with E-state index in [0.717, 1.165) is 0 Å². The van der Waals surface area contributed by atoms with Gasteiger partial charge in [0.25, 0.3) is 0 Å². The van der Waals surface area contributed by atoms with E-state index in [2.05, 4.69) is 25.7 Å². The minimum Gasteiger partial charge on any atom is -0.759 e. The first-order chi connectivity index (χ1) is 14.3. The Morgan fingerprint density at radius 1 is 0.469 bits per heavy atom. The van der Waals surface area contributed by atoms with Crippen LogP contribution in [0, 0.1) is 0 Å². The molecule has 0 radical (unpaired) electrons. The van der Waals surface area contributed by atoms with Gasteiger partial charge in [0.1, 0.15) is 0 Å². The van der Waals surface area contributed by atoms with Gasteiger partial charge in [-0.1, -0.05) is 117 Å². The van der Waals surface area contributed by atoms with E-state index in [-0.39, 0.29) is 59.1 Å². The molecule has 0 aromatic heterocycles. The first kappa shape index (κ1) is 41.0. The van der Waals surface area contributed by atoms with E-state index < -0.39 is 10.4 Å². The molecule has 0 rings (SSSR count). The summed E-state index contributed by atoms with van der Waals surface area (Å²) >= 11 is 0. The summed E-state index contributed by atoms with van der Waals surface area (Å²) < 4.78 is 34.1. The molecular formula is C24H51NNa2O4S. The molecule has 0 fully saturated rings. The van der Waals surface area contributed by atoms with Gasteiger partial charge in [-0.15, -0.1) is 0 Å². The first-order valence-corrected chi connectivity index (χ1v) is 14.1. The van der Waals surface area contributed by atoms with Crippen molar-refractivity contribution >= 4 is 10.4 Å².